The second-order valence-corrected chi connectivity index (χ2v) is 9.35. The Morgan fingerprint density at radius 3 is 0.938 bits per heavy atom. The van der Waals surface area contributed by atoms with Gasteiger partial charge in [-0.3, -0.25) is 0 Å². The molecular weight excluding hydrogens is 656 g/mol. The summed E-state index contributed by atoms with van der Waals surface area (Å²) in [6.45, 7) is 0. The standard InChI is InChI=1S/C28H18O20/c29-9-1-7(27(43)44)23(21(37)15(9)31)47-11-3-5(25(39)40)13(19(35)17(11)33)14-6(26(41)42)4-12(18(34)20(14)36)48-24-8(28(45)46)2-10(30)16(32)22(24)38/h1-4,29-38H,(H,39,40)(H,41,42)(H,43,44)(H,45,46). The van der Waals surface area contributed by atoms with Crippen molar-refractivity contribution in [1.82, 2.24) is 0 Å². The zero-order chi connectivity index (χ0) is 36.1. The fourth-order valence-electron chi connectivity index (χ4n) is 4.27. The van der Waals surface area contributed by atoms with Gasteiger partial charge in [-0.05, 0) is 0 Å². The zero-order valence-corrected chi connectivity index (χ0v) is 23.0. The van der Waals surface area contributed by atoms with Crippen LogP contribution in [-0.2, 0) is 0 Å². The van der Waals surface area contributed by atoms with E-state index in [0.29, 0.717) is 24.3 Å². The fraction of sp³-hybridized carbons (Fsp3) is 0. The summed E-state index contributed by atoms with van der Waals surface area (Å²) >= 11 is 0. The van der Waals surface area contributed by atoms with Crippen molar-refractivity contribution < 1.29 is 100 Å². The van der Waals surface area contributed by atoms with E-state index in [1.54, 1.807) is 0 Å². The minimum Gasteiger partial charge on any atom is -0.504 e. The van der Waals surface area contributed by atoms with Crippen LogP contribution in [0.5, 0.6) is 80.5 Å². The molecule has 0 unspecified atom stereocenters. The van der Waals surface area contributed by atoms with Crippen LogP contribution >= 0.6 is 0 Å². The van der Waals surface area contributed by atoms with Crippen LogP contribution in [0.15, 0.2) is 24.3 Å². The number of aromatic hydroxyl groups is 10. The maximum atomic E-state index is 12.3. The molecule has 0 aromatic heterocycles. The Labute approximate surface area is 262 Å². The Morgan fingerprint density at radius 2 is 0.667 bits per heavy atom. The van der Waals surface area contributed by atoms with Crippen LogP contribution in [0.1, 0.15) is 41.4 Å². The first-order valence-electron chi connectivity index (χ1n) is 12.3. The lowest BCUT2D eigenvalue weighted by atomic mass is 9.92. The van der Waals surface area contributed by atoms with Crippen molar-refractivity contribution in [2.45, 2.75) is 0 Å². The number of carboxylic acids is 4. The van der Waals surface area contributed by atoms with Gasteiger partial charge in [-0.15, -0.1) is 0 Å². The summed E-state index contributed by atoms with van der Waals surface area (Å²) in [5.41, 5.74) is -6.99. The van der Waals surface area contributed by atoms with Crippen molar-refractivity contribution in [3.63, 3.8) is 0 Å². The summed E-state index contributed by atoms with van der Waals surface area (Å²) in [4.78, 5) is 47.8. The highest BCUT2D eigenvalue weighted by Crippen LogP contribution is 2.56. The van der Waals surface area contributed by atoms with Gasteiger partial charge in [-0.2, -0.15) is 0 Å². The van der Waals surface area contributed by atoms with Crippen LogP contribution in [0, 0.1) is 0 Å². The van der Waals surface area contributed by atoms with Gasteiger partial charge in [-0.25, -0.2) is 19.2 Å². The molecule has 0 aliphatic heterocycles. The molecule has 0 spiro atoms. The van der Waals surface area contributed by atoms with E-state index < -0.39 is 138 Å². The normalized spacial score (nSPS) is 10.8. The lowest BCUT2D eigenvalue weighted by molar-refractivity contribution is 0.0681. The average molecular weight is 674 g/mol. The lowest BCUT2D eigenvalue weighted by Crippen LogP contribution is -2.07. The molecule has 14 N–H and O–H groups in total. The van der Waals surface area contributed by atoms with Crippen molar-refractivity contribution in [2.24, 2.45) is 0 Å². The van der Waals surface area contributed by atoms with Gasteiger partial charge in [0, 0.05) is 35.4 Å². The topological polar surface area (TPSA) is 370 Å². The monoisotopic (exact) mass is 674 g/mol. The Morgan fingerprint density at radius 1 is 0.375 bits per heavy atom. The zero-order valence-electron chi connectivity index (χ0n) is 23.0. The van der Waals surface area contributed by atoms with E-state index in [2.05, 4.69) is 0 Å². The van der Waals surface area contributed by atoms with Crippen LogP contribution in [0.3, 0.4) is 0 Å². The Balaban J connectivity index is 1.99. The van der Waals surface area contributed by atoms with Gasteiger partial charge in [0.1, 0.15) is 11.1 Å². The van der Waals surface area contributed by atoms with Crippen LogP contribution in [-0.4, -0.2) is 95.4 Å². The van der Waals surface area contributed by atoms with Gasteiger partial charge in [-0.1, -0.05) is 0 Å². The molecule has 0 aliphatic carbocycles. The minimum absolute atomic E-state index is 0.338. The highest BCUT2D eigenvalue weighted by atomic mass is 16.5. The first-order chi connectivity index (χ1) is 22.3. The SMILES string of the molecule is O=C(O)c1cc(O)c(O)c(O)c1Oc1cc(C(=O)O)c(-c2c(C(=O)O)cc(Oc3c(C(=O)O)cc(O)c(O)c3O)c(O)c2O)c(O)c1O. The molecule has 0 fully saturated rings. The highest BCUT2D eigenvalue weighted by Gasteiger charge is 2.34. The van der Waals surface area contributed by atoms with E-state index in [-0.39, 0.29) is 0 Å². The predicted octanol–water partition coefficient (Wildman–Crippen LogP) is 2.79. The lowest BCUT2D eigenvalue weighted by Gasteiger charge is -2.20. The van der Waals surface area contributed by atoms with Crippen molar-refractivity contribution in [3.8, 4) is 91.6 Å². The molecule has 20 nitrogen and oxygen atoms in total. The summed E-state index contributed by atoms with van der Waals surface area (Å²) in [5.74, 6) is -26.4. The van der Waals surface area contributed by atoms with Gasteiger partial charge in [0.05, 0.1) is 11.1 Å². The molecule has 4 aromatic carbocycles. The predicted molar refractivity (Wildman–Crippen MR) is 149 cm³/mol. The Hall–Kier alpha value is -7.64. The van der Waals surface area contributed by atoms with Crippen LogP contribution in [0.4, 0.5) is 0 Å². The molecule has 4 aromatic rings. The molecule has 0 atom stereocenters. The summed E-state index contributed by atoms with van der Waals surface area (Å²) in [7, 11) is 0. The van der Waals surface area contributed by atoms with Gasteiger partial charge in [0.25, 0.3) is 0 Å². The van der Waals surface area contributed by atoms with E-state index in [9.17, 15) is 90.7 Å². The first-order valence-corrected chi connectivity index (χ1v) is 12.3. The third-order valence-corrected chi connectivity index (χ3v) is 6.49. The number of ether oxygens (including phenoxy) is 2. The van der Waals surface area contributed by atoms with Crippen LogP contribution in [0.2, 0.25) is 0 Å². The number of carbonyl (C=O) groups is 4. The van der Waals surface area contributed by atoms with Gasteiger partial charge < -0.3 is 81.0 Å². The van der Waals surface area contributed by atoms with Crippen molar-refractivity contribution in [2.75, 3.05) is 0 Å². The quantitative estimate of drug-likeness (QED) is 0.113. The molecule has 0 radical (unpaired) electrons. The van der Waals surface area contributed by atoms with Crippen molar-refractivity contribution in [3.05, 3.63) is 46.5 Å². The molecule has 0 saturated heterocycles. The smallest absolute Gasteiger partial charge is 0.339 e. The number of hydrogen-bond donors (Lipinski definition) is 14. The summed E-state index contributed by atoms with van der Waals surface area (Å²) in [5, 5.41) is 141. The molecule has 20 heteroatoms. The number of benzene rings is 4. The summed E-state index contributed by atoms with van der Waals surface area (Å²) in [6.07, 6.45) is 0. The van der Waals surface area contributed by atoms with E-state index in [4.69, 9.17) is 9.47 Å². The van der Waals surface area contributed by atoms with Gasteiger partial charge >= 0.3 is 23.9 Å². The largest absolute Gasteiger partial charge is 0.504 e. The average Bonchev–Trinajstić information content (AvgIpc) is 3.01. The molecule has 0 heterocycles. The van der Waals surface area contributed by atoms with Gasteiger partial charge in [0.15, 0.2) is 46.0 Å². The Bertz CT molecular complexity index is 1950. The number of phenols is 10. The number of aromatic carboxylic acids is 4. The third-order valence-electron chi connectivity index (χ3n) is 6.49. The second-order valence-electron chi connectivity index (χ2n) is 9.35. The second kappa shape index (κ2) is 11.7. The maximum Gasteiger partial charge on any atom is 0.339 e. The summed E-state index contributed by atoms with van der Waals surface area (Å²) in [6, 6.07) is 1.48. The minimum atomic E-state index is -2.05. The third kappa shape index (κ3) is 5.32. The van der Waals surface area contributed by atoms with E-state index in [1.807, 2.05) is 0 Å². The van der Waals surface area contributed by atoms with Crippen LogP contribution in [0.25, 0.3) is 11.1 Å². The van der Waals surface area contributed by atoms with Crippen LogP contribution < -0.4 is 9.47 Å². The fourth-order valence-corrected chi connectivity index (χ4v) is 4.27. The number of phenolic OH excluding ortho intramolecular Hbond substituents is 10. The highest BCUT2D eigenvalue weighted by molar-refractivity contribution is 6.07. The first kappa shape index (κ1) is 33.3. The summed E-state index contributed by atoms with van der Waals surface area (Å²) < 4.78 is 10.1. The van der Waals surface area contributed by atoms with Crippen molar-refractivity contribution >= 4 is 23.9 Å². The van der Waals surface area contributed by atoms with E-state index >= 15 is 0 Å². The maximum absolute atomic E-state index is 12.3. The number of hydrogen-bond acceptors (Lipinski definition) is 16. The number of carboxylic acid groups (broad SMARTS) is 4. The molecular formula is C28H18O20. The van der Waals surface area contributed by atoms with Crippen molar-refractivity contribution in [1.29, 1.82) is 0 Å². The number of rotatable bonds is 9. The Kier molecular flexibility index (Phi) is 8.11. The molecule has 0 bridgehead atoms. The van der Waals surface area contributed by atoms with E-state index in [0.717, 1.165) is 0 Å². The molecule has 0 aliphatic rings. The molecule has 4 rings (SSSR count). The molecule has 0 saturated carbocycles. The molecule has 0 amide bonds. The molecule has 48 heavy (non-hydrogen) atoms. The van der Waals surface area contributed by atoms with E-state index in [1.165, 1.54) is 0 Å². The molecule has 250 valence electrons. The van der Waals surface area contributed by atoms with Gasteiger partial charge in [0.2, 0.25) is 34.5 Å².